The monoisotopic (exact) mass is 289 g/mol. The lowest BCUT2D eigenvalue weighted by Gasteiger charge is -2.25. The summed E-state index contributed by atoms with van der Waals surface area (Å²) in [6.07, 6.45) is 4.88. The van der Waals surface area contributed by atoms with Gasteiger partial charge in [-0.3, -0.25) is 0 Å². The summed E-state index contributed by atoms with van der Waals surface area (Å²) in [6.45, 7) is 14.9. The normalized spacial score (nSPS) is 13.7. The maximum atomic E-state index is 3.71. The summed E-state index contributed by atoms with van der Waals surface area (Å²) in [6, 6.07) is 9.83. The average Bonchev–Trinajstić information content (AvgIpc) is 2.47. The molecule has 0 fully saturated rings. The van der Waals surface area contributed by atoms with Gasteiger partial charge in [0.05, 0.1) is 0 Å². The summed E-state index contributed by atoms with van der Waals surface area (Å²) in [7, 11) is 0. The maximum absolute atomic E-state index is 3.71. The van der Waals surface area contributed by atoms with Crippen LogP contribution < -0.4 is 5.32 Å². The van der Waals surface area contributed by atoms with Gasteiger partial charge in [-0.15, -0.1) is 0 Å². The topological polar surface area (TPSA) is 12.0 Å². The molecule has 0 aliphatic carbocycles. The van der Waals surface area contributed by atoms with Gasteiger partial charge in [0.25, 0.3) is 0 Å². The Morgan fingerprint density at radius 3 is 2.10 bits per heavy atom. The van der Waals surface area contributed by atoms with Crippen LogP contribution in [0, 0.1) is 5.92 Å². The second-order valence-corrected chi connectivity index (χ2v) is 7.34. The van der Waals surface area contributed by atoms with Gasteiger partial charge in [-0.25, -0.2) is 0 Å². The van der Waals surface area contributed by atoms with Crippen molar-refractivity contribution in [2.45, 2.75) is 78.7 Å². The highest BCUT2D eigenvalue weighted by atomic mass is 14.9. The first-order valence-electron chi connectivity index (χ1n) is 8.74. The SMILES string of the molecule is CCCNC(CCC(C)C)c1ccc(C(C)(C)CC)cc1. The van der Waals surface area contributed by atoms with E-state index in [-0.39, 0.29) is 5.41 Å². The molecule has 120 valence electrons. The van der Waals surface area contributed by atoms with Gasteiger partial charge in [0, 0.05) is 6.04 Å². The Balaban J connectivity index is 2.82. The molecule has 1 unspecified atom stereocenters. The molecular formula is C20H35N. The van der Waals surface area contributed by atoms with Crippen LogP contribution >= 0.6 is 0 Å². The summed E-state index contributed by atoms with van der Waals surface area (Å²) in [5, 5.41) is 3.71. The first-order valence-corrected chi connectivity index (χ1v) is 8.74. The molecule has 0 saturated heterocycles. The van der Waals surface area contributed by atoms with E-state index in [2.05, 4.69) is 71.1 Å². The van der Waals surface area contributed by atoms with Crippen LogP contribution in [0.4, 0.5) is 0 Å². The second kappa shape index (κ2) is 8.58. The van der Waals surface area contributed by atoms with Gasteiger partial charge in [0.15, 0.2) is 0 Å². The van der Waals surface area contributed by atoms with Gasteiger partial charge in [0.2, 0.25) is 0 Å². The van der Waals surface area contributed by atoms with Crippen LogP contribution in [0.3, 0.4) is 0 Å². The van der Waals surface area contributed by atoms with Gasteiger partial charge in [-0.2, -0.15) is 0 Å². The van der Waals surface area contributed by atoms with Crippen LogP contribution in [-0.2, 0) is 5.41 Å². The van der Waals surface area contributed by atoms with Crippen molar-refractivity contribution in [1.82, 2.24) is 5.32 Å². The molecular weight excluding hydrogens is 254 g/mol. The van der Waals surface area contributed by atoms with E-state index in [1.165, 1.54) is 36.8 Å². The summed E-state index contributed by atoms with van der Waals surface area (Å²) in [5.74, 6) is 0.772. The van der Waals surface area contributed by atoms with Crippen molar-refractivity contribution >= 4 is 0 Å². The molecule has 0 aromatic heterocycles. The molecule has 1 heteroatoms. The fourth-order valence-electron chi connectivity index (χ4n) is 2.58. The average molecular weight is 290 g/mol. The van der Waals surface area contributed by atoms with Crippen molar-refractivity contribution in [3.05, 3.63) is 35.4 Å². The fraction of sp³-hybridized carbons (Fsp3) is 0.700. The van der Waals surface area contributed by atoms with Gasteiger partial charge in [-0.05, 0) is 54.7 Å². The molecule has 0 heterocycles. The first-order chi connectivity index (χ1) is 9.90. The predicted octanol–water partition coefficient (Wildman–Crippen LogP) is 5.85. The number of hydrogen-bond acceptors (Lipinski definition) is 1. The van der Waals surface area contributed by atoms with Crippen molar-refractivity contribution in [2.24, 2.45) is 5.92 Å². The Hall–Kier alpha value is -0.820. The molecule has 0 radical (unpaired) electrons. The summed E-state index contributed by atoms with van der Waals surface area (Å²) < 4.78 is 0. The maximum Gasteiger partial charge on any atom is 0.0320 e. The van der Waals surface area contributed by atoms with Crippen molar-refractivity contribution in [2.75, 3.05) is 6.54 Å². The molecule has 0 amide bonds. The van der Waals surface area contributed by atoms with Crippen molar-refractivity contribution in [3.63, 3.8) is 0 Å². The number of nitrogens with one attached hydrogen (secondary N) is 1. The lowest BCUT2D eigenvalue weighted by atomic mass is 9.81. The molecule has 1 atom stereocenters. The minimum absolute atomic E-state index is 0.281. The van der Waals surface area contributed by atoms with Crippen LogP contribution in [0.25, 0.3) is 0 Å². The quantitative estimate of drug-likeness (QED) is 0.601. The molecule has 1 rings (SSSR count). The third-order valence-corrected chi connectivity index (χ3v) is 4.65. The van der Waals surface area contributed by atoms with E-state index in [9.17, 15) is 0 Å². The predicted molar refractivity (Wildman–Crippen MR) is 94.9 cm³/mol. The van der Waals surface area contributed by atoms with E-state index in [0.717, 1.165) is 12.5 Å². The van der Waals surface area contributed by atoms with E-state index in [1.54, 1.807) is 0 Å². The van der Waals surface area contributed by atoms with Crippen LogP contribution in [0.5, 0.6) is 0 Å². The standard InChI is InChI=1S/C20H35N/c1-7-15-21-19(14-9-16(3)4)17-10-12-18(13-11-17)20(5,6)8-2/h10-13,16,19,21H,7-9,14-15H2,1-6H3. The molecule has 0 aliphatic heterocycles. The number of hydrogen-bond donors (Lipinski definition) is 1. The number of rotatable bonds is 9. The minimum atomic E-state index is 0.281. The zero-order valence-electron chi connectivity index (χ0n) is 15.0. The Bertz CT molecular complexity index is 389. The highest BCUT2D eigenvalue weighted by molar-refractivity contribution is 5.29. The first kappa shape index (κ1) is 18.2. The van der Waals surface area contributed by atoms with Gasteiger partial charge in [-0.1, -0.05) is 65.8 Å². The van der Waals surface area contributed by atoms with Crippen LogP contribution in [0.2, 0.25) is 0 Å². The third-order valence-electron chi connectivity index (χ3n) is 4.65. The molecule has 0 aliphatic rings. The van der Waals surface area contributed by atoms with Crippen molar-refractivity contribution < 1.29 is 0 Å². The van der Waals surface area contributed by atoms with E-state index < -0.39 is 0 Å². The Morgan fingerprint density at radius 2 is 1.62 bits per heavy atom. The highest BCUT2D eigenvalue weighted by Gasteiger charge is 2.18. The Labute approximate surface area is 132 Å². The largest absolute Gasteiger partial charge is 0.310 e. The molecule has 0 saturated carbocycles. The molecule has 21 heavy (non-hydrogen) atoms. The molecule has 1 nitrogen and oxygen atoms in total. The zero-order valence-corrected chi connectivity index (χ0v) is 15.0. The molecule has 1 aromatic carbocycles. The zero-order chi connectivity index (χ0) is 15.9. The van der Waals surface area contributed by atoms with Crippen molar-refractivity contribution in [3.8, 4) is 0 Å². The smallest absolute Gasteiger partial charge is 0.0320 e. The number of benzene rings is 1. The lowest BCUT2D eigenvalue weighted by Crippen LogP contribution is -2.23. The van der Waals surface area contributed by atoms with Gasteiger partial charge >= 0.3 is 0 Å². The van der Waals surface area contributed by atoms with E-state index in [0.29, 0.717) is 6.04 Å². The summed E-state index contributed by atoms with van der Waals surface area (Å²) in [4.78, 5) is 0. The third kappa shape index (κ3) is 5.82. The second-order valence-electron chi connectivity index (χ2n) is 7.34. The summed E-state index contributed by atoms with van der Waals surface area (Å²) >= 11 is 0. The Kier molecular flexibility index (Phi) is 7.45. The van der Waals surface area contributed by atoms with Crippen LogP contribution in [0.15, 0.2) is 24.3 Å². The van der Waals surface area contributed by atoms with E-state index >= 15 is 0 Å². The Morgan fingerprint density at radius 1 is 1.00 bits per heavy atom. The highest BCUT2D eigenvalue weighted by Crippen LogP contribution is 2.29. The molecule has 0 spiro atoms. The van der Waals surface area contributed by atoms with Gasteiger partial charge in [0.1, 0.15) is 0 Å². The molecule has 1 aromatic rings. The van der Waals surface area contributed by atoms with Crippen LogP contribution in [0.1, 0.15) is 84.4 Å². The molecule has 1 N–H and O–H groups in total. The lowest BCUT2D eigenvalue weighted by molar-refractivity contribution is 0.440. The molecule has 0 bridgehead atoms. The minimum Gasteiger partial charge on any atom is -0.310 e. The summed E-state index contributed by atoms with van der Waals surface area (Å²) in [5.41, 5.74) is 3.18. The van der Waals surface area contributed by atoms with E-state index in [1.807, 2.05) is 0 Å². The van der Waals surface area contributed by atoms with Gasteiger partial charge < -0.3 is 5.32 Å². The van der Waals surface area contributed by atoms with Crippen LogP contribution in [-0.4, -0.2) is 6.54 Å². The fourth-order valence-corrected chi connectivity index (χ4v) is 2.58. The van der Waals surface area contributed by atoms with E-state index in [4.69, 9.17) is 0 Å². The van der Waals surface area contributed by atoms with Crippen molar-refractivity contribution in [1.29, 1.82) is 0 Å².